The smallest absolute Gasteiger partial charge is 0.0272 e. The van der Waals surface area contributed by atoms with Crippen molar-refractivity contribution >= 4 is 0 Å². The van der Waals surface area contributed by atoms with Crippen molar-refractivity contribution in [3.05, 3.63) is 0 Å². The quantitative estimate of drug-likeness (QED) is 0.661. The second-order valence-electron chi connectivity index (χ2n) is 4.59. The topological polar surface area (TPSA) is 32.5 Å². The van der Waals surface area contributed by atoms with Gasteiger partial charge in [-0.2, -0.15) is 0 Å². The molecule has 2 N–H and O–H groups in total. The molecule has 0 bridgehead atoms. The van der Waals surface area contributed by atoms with E-state index in [1.54, 1.807) is 0 Å². The van der Waals surface area contributed by atoms with Gasteiger partial charge in [-0.25, -0.2) is 0 Å². The SMILES string of the molecule is CN(C)CCCN(C)C(C)(C)CN. The summed E-state index contributed by atoms with van der Waals surface area (Å²) in [4.78, 5) is 4.54. The highest BCUT2D eigenvalue weighted by molar-refractivity contribution is 4.79. The van der Waals surface area contributed by atoms with Gasteiger partial charge in [-0.1, -0.05) is 0 Å². The summed E-state index contributed by atoms with van der Waals surface area (Å²) >= 11 is 0. The van der Waals surface area contributed by atoms with Crippen molar-refractivity contribution in [3.8, 4) is 0 Å². The van der Waals surface area contributed by atoms with Gasteiger partial charge >= 0.3 is 0 Å². The fraction of sp³-hybridized carbons (Fsp3) is 1.00. The molecule has 0 saturated carbocycles. The maximum atomic E-state index is 5.69. The van der Waals surface area contributed by atoms with E-state index in [1.165, 1.54) is 6.42 Å². The van der Waals surface area contributed by atoms with E-state index in [9.17, 15) is 0 Å². The highest BCUT2D eigenvalue weighted by Crippen LogP contribution is 2.09. The Labute approximate surface area is 82.9 Å². The monoisotopic (exact) mass is 187 g/mol. The molecule has 0 atom stereocenters. The number of hydrogen-bond donors (Lipinski definition) is 1. The maximum absolute atomic E-state index is 5.69. The fourth-order valence-corrected chi connectivity index (χ4v) is 1.08. The molecule has 0 aromatic rings. The van der Waals surface area contributed by atoms with Crippen molar-refractivity contribution in [2.75, 3.05) is 40.8 Å². The Bertz CT molecular complexity index is 132. The molecule has 0 aliphatic heterocycles. The standard InChI is InChI=1S/C10H25N3/c1-10(2,9-11)13(5)8-6-7-12(3)4/h6-9,11H2,1-5H3. The number of nitrogens with two attached hydrogens (primary N) is 1. The van der Waals surface area contributed by atoms with Gasteiger partial charge in [-0.15, -0.1) is 0 Å². The van der Waals surface area contributed by atoms with E-state index in [1.807, 2.05) is 0 Å². The molecule has 0 aliphatic rings. The van der Waals surface area contributed by atoms with Crippen LogP contribution < -0.4 is 5.73 Å². The first-order valence-electron chi connectivity index (χ1n) is 4.96. The first kappa shape index (κ1) is 12.9. The van der Waals surface area contributed by atoms with Gasteiger partial charge in [0.15, 0.2) is 0 Å². The van der Waals surface area contributed by atoms with Crippen LogP contribution in [0.25, 0.3) is 0 Å². The van der Waals surface area contributed by atoms with E-state index in [-0.39, 0.29) is 5.54 Å². The molecule has 0 unspecified atom stereocenters. The van der Waals surface area contributed by atoms with Gasteiger partial charge in [0.25, 0.3) is 0 Å². The van der Waals surface area contributed by atoms with Crippen LogP contribution in [-0.4, -0.2) is 56.1 Å². The minimum atomic E-state index is 0.131. The number of nitrogens with zero attached hydrogens (tertiary/aromatic N) is 2. The van der Waals surface area contributed by atoms with Crippen LogP contribution >= 0.6 is 0 Å². The van der Waals surface area contributed by atoms with Crippen LogP contribution in [0.5, 0.6) is 0 Å². The molecule has 80 valence electrons. The predicted octanol–water partition coefficient (Wildman–Crippen LogP) is 0.607. The minimum absolute atomic E-state index is 0.131. The molecular weight excluding hydrogens is 162 g/mol. The van der Waals surface area contributed by atoms with Gasteiger partial charge in [0.1, 0.15) is 0 Å². The molecule has 0 saturated heterocycles. The Morgan fingerprint density at radius 3 is 2.00 bits per heavy atom. The molecule has 3 heteroatoms. The molecule has 0 radical (unpaired) electrons. The summed E-state index contributed by atoms with van der Waals surface area (Å²) < 4.78 is 0. The van der Waals surface area contributed by atoms with Gasteiger partial charge < -0.3 is 10.6 Å². The Balaban J connectivity index is 3.68. The van der Waals surface area contributed by atoms with Gasteiger partial charge in [-0.05, 0) is 54.5 Å². The van der Waals surface area contributed by atoms with Crippen LogP contribution in [-0.2, 0) is 0 Å². The molecule has 0 rings (SSSR count). The highest BCUT2D eigenvalue weighted by atomic mass is 15.2. The zero-order valence-electron chi connectivity index (χ0n) is 9.80. The van der Waals surface area contributed by atoms with Crippen molar-refractivity contribution < 1.29 is 0 Å². The first-order chi connectivity index (χ1) is 5.90. The van der Waals surface area contributed by atoms with E-state index in [0.29, 0.717) is 6.54 Å². The second-order valence-corrected chi connectivity index (χ2v) is 4.59. The lowest BCUT2D eigenvalue weighted by Gasteiger charge is -2.34. The van der Waals surface area contributed by atoms with E-state index >= 15 is 0 Å². The molecule has 3 nitrogen and oxygen atoms in total. The third-order valence-electron chi connectivity index (χ3n) is 2.63. The van der Waals surface area contributed by atoms with Crippen LogP contribution in [0.1, 0.15) is 20.3 Å². The van der Waals surface area contributed by atoms with Gasteiger partial charge in [0.2, 0.25) is 0 Å². The average molecular weight is 187 g/mol. The van der Waals surface area contributed by atoms with E-state index < -0.39 is 0 Å². The van der Waals surface area contributed by atoms with Crippen LogP contribution in [0.4, 0.5) is 0 Å². The van der Waals surface area contributed by atoms with Crippen molar-refractivity contribution in [1.82, 2.24) is 9.80 Å². The van der Waals surface area contributed by atoms with Gasteiger partial charge in [0.05, 0.1) is 0 Å². The van der Waals surface area contributed by atoms with Crippen LogP contribution in [0, 0.1) is 0 Å². The molecule has 0 fully saturated rings. The summed E-state index contributed by atoms with van der Waals surface area (Å²) in [6.07, 6.45) is 1.20. The molecule has 0 aromatic carbocycles. The summed E-state index contributed by atoms with van der Waals surface area (Å²) in [5.41, 5.74) is 5.82. The molecule has 0 spiro atoms. The molecule has 0 heterocycles. The molecule has 0 amide bonds. The van der Waals surface area contributed by atoms with Crippen LogP contribution in [0.3, 0.4) is 0 Å². The fourth-order valence-electron chi connectivity index (χ4n) is 1.08. The molecular formula is C10H25N3. The number of likely N-dealkylation sites (N-methyl/N-ethyl adjacent to an activating group) is 1. The predicted molar refractivity (Wildman–Crippen MR) is 58.9 cm³/mol. The summed E-state index contributed by atoms with van der Waals surface area (Å²) in [5, 5.41) is 0. The average Bonchev–Trinajstić information content (AvgIpc) is 2.03. The lowest BCUT2D eigenvalue weighted by Crippen LogP contribution is -2.47. The Morgan fingerprint density at radius 1 is 1.08 bits per heavy atom. The second kappa shape index (κ2) is 5.58. The lowest BCUT2D eigenvalue weighted by molar-refractivity contribution is 0.157. The zero-order chi connectivity index (χ0) is 10.5. The lowest BCUT2D eigenvalue weighted by atomic mass is 10.0. The number of hydrogen-bond acceptors (Lipinski definition) is 3. The Hall–Kier alpha value is -0.120. The summed E-state index contributed by atoms with van der Waals surface area (Å²) in [6.45, 7) is 7.34. The van der Waals surface area contributed by atoms with Crippen LogP contribution in [0.2, 0.25) is 0 Å². The van der Waals surface area contributed by atoms with Gasteiger partial charge in [-0.3, -0.25) is 4.90 Å². The third kappa shape index (κ3) is 5.24. The third-order valence-corrected chi connectivity index (χ3v) is 2.63. The van der Waals surface area contributed by atoms with Crippen molar-refractivity contribution in [3.63, 3.8) is 0 Å². The highest BCUT2D eigenvalue weighted by Gasteiger charge is 2.20. The molecule has 0 aromatic heterocycles. The van der Waals surface area contributed by atoms with E-state index in [4.69, 9.17) is 5.73 Å². The van der Waals surface area contributed by atoms with Crippen molar-refractivity contribution in [2.24, 2.45) is 5.73 Å². The number of rotatable bonds is 6. The molecule has 0 aliphatic carbocycles. The van der Waals surface area contributed by atoms with Crippen molar-refractivity contribution in [1.29, 1.82) is 0 Å². The van der Waals surface area contributed by atoms with E-state index in [2.05, 4.69) is 44.8 Å². The molecule has 13 heavy (non-hydrogen) atoms. The summed E-state index contributed by atoms with van der Waals surface area (Å²) in [6, 6.07) is 0. The first-order valence-corrected chi connectivity index (χ1v) is 4.96. The van der Waals surface area contributed by atoms with E-state index in [0.717, 1.165) is 13.1 Å². The Kier molecular flexibility index (Phi) is 5.53. The summed E-state index contributed by atoms with van der Waals surface area (Å²) in [5.74, 6) is 0. The minimum Gasteiger partial charge on any atom is -0.329 e. The van der Waals surface area contributed by atoms with Crippen molar-refractivity contribution in [2.45, 2.75) is 25.8 Å². The zero-order valence-corrected chi connectivity index (χ0v) is 9.80. The normalized spacial score (nSPS) is 12.9. The van der Waals surface area contributed by atoms with Crippen LogP contribution in [0.15, 0.2) is 0 Å². The largest absolute Gasteiger partial charge is 0.329 e. The van der Waals surface area contributed by atoms with Gasteiger partial charge in [0, 0.05) is 12.1 Å². The maximum Gasteiger partial charge on any atom is 0.0272 e. The Morgan fingerprint density at radius 2 is 1.62 bits per heavy atom. The summed E-state index contributed by atoms with van der Waals surface area (Å²) in [7, 11) is 6.35.